The van der Waals surface area contributed by atoms with Crippen LogP contribution in [0.15, 0.2) is 70.9 Å². The molecule has 1 amide bonds. The normalized spacial score (nSPS) is 11.7. The number of hydrogen-bond acceptors (Lipinski definition) is 4. The number of rotatable bonds is 7. The Morgan fingerprint density at radius 1 is 1.04 bits per heavy atom. The Bertz CT molecular complexity index is 695. The van der Waals surface area contributed by atoms with Crippen LogP contribution >= 0.6 is 0 Å². The highest BCUT2D eigenvalue weighted by molar-refractivity contribution is 6.38. The summed E-state index contributed by atoms with van der Waals surface area (Å²) >= 11 is 0. The Morgan fingerprint density at radius 3 is 2.21 bits per heavy atom. The van der Waals surface area contributed by atoms with Gasteiger partial charge in [-0.3, -0.25) is 4.79 Å². The van der Waals surface area contributed by atoms with E-state index in [1.807, 2.05) is 50.2 Å². The fourth-order valence-electron chi connectivity index (χ4n) is 1.82. The van der Waals surface area contributed by atoms with Crippen molar-refractivity contribution in [3.8, 4) is 0 Å². The minimum atomic E-state index is -0.277. The van der Waals surface area contributed by atoms with Crippen molar-refractivity contribution in [2.75, 3.05) is 6.61 Å². The van der Waals surface area contributed by atoms with Gasteiger partial charge in [-0.2, -0.15) is 5.10 Å². The first-order valence-electron chi connectivity index (χ1n) is 7.80. The lowest BCUT2D eigenvalue weighted by molar-refractivity contribution is 0.0955. The Labute approximate surface area is 142 Å². The van der Waals surface area contributed by atoms with Gasteiger partial charge in [0.1, 0.15) is 12.3 Å². The first-order valence-corrected chi connectivity index (χ1v) is 7.80. The Kier molecular flexibility index (Phi) is 6.71. The zero-order chi connectivity index (χ0) is 17.2. The molecule has 0 saturated carbocycles. The molecule has 0 aliphatic heterocycles. The second kappa shape index (κ2) is 9.25. The molecule has 0 radical (unpaired) electrons. The van der Waals surface area contributed by atoms with Crippen LogP contribution in [0.5, 0.6) is 0 Å². The molecular weight excluding hydrogens is 302 g/mol. The van der Waals surface area contributed by atoms with E-state index in [4.69, 9.17) is 4.84 Å². The summed E-state index contributed by atoms with van der Waals surface area (Å²) in [5.41, 5.74) is 4.45. The Balaban J connectivity index is 2.11. The molecule has 5 nitrogen and oxygen atoms in total. The van der Waals surface area contributed by atoms with Gasteiger partial charge in [-0.15, -0.1) is 0 Å². The Hall–Kier alpha value is -2.95. The SMILES string of the molecule is CC(C)CON=CC(=NNC(=O)c1ccccc1)c1ccccc1. The number of hydrazone groups is 1. The van der Waals surface area contributed by atoms with E-state index in [1.54, 1.807) is 24.3 Å². The van der Waals surface area contributed by atoms with Crippen molar-refractivity contribution < 1.29 is 9.63 Å². The first-order chi connectivity index (χ1) is 11.7. The van der Waals surface area contributed by atoms with Crippen LogP contribution in [0.4, 0.5) is 0 Å². The summed E-state index contributed by atoms with van der Waals surface area (Å²) in [6, 6.07) is 18.4. The predicted molar refractivity (Wildman–Crippen MR) is 96.2 cm³/mol. The molecule has 0 heterocycles. The van der Waals surface area contributed by atoms with Crippen molar-refractivity contribution in [3.05, 3.63) is 71.8 Å². The highest BCUT2D eigenvalue weighted by atomic mass is 16.6. The average Bonchev–Trinajstić information content (AvgIpc) is 2.62. The standard InChI is InChI=1S/C19H21N3O2/c1-15(2)14-24-20-13-18(16-9-5-3-6-10-16)21-22-19(23)17-11-7-4-8-12-17/h3-13,15H,14H2,1-2H3,(H,22,23). The fraction of sp³-hybridized carbons (Fsp3) is 0.211. The van der Waals surface area contributed by atoms with Crippen LogP contribution in [-0.4, -0.2) is 24.4 Å². The summed E-state index contributed by atoms with van der Waals surface area (Å²) in [5, 5.41) is 8.11. The molecule has 0 bridgehead atoms. The molecule has 1 N–H and O–H groups in total. The molecule has 0 aromatic heterocycles. The van der Waals surface area contributed by atoms with Crippen LogP contribution in [-0.2, 0) is 4.84 Å². The van der Waals surface area contributed by atoms with Gasteiger partial charge in [0.2, 0.25) is 0 Å². The van der Waals surface area contributed by atoms with E-state index in [1.165, 1.54) is 6.21 Å². The van der Waals surface area contributed by atoms with Crippen LogP contribution in [0.1, 0.15) is 29.8 Å². The number of hydrogen-bond donors (Lipinski definition) is 1. The topological polar surface area (TPSA) is 63.1 Å². The molecule has 0 aliphatic rings. The van der Waals surface area contributed by atoms with Crippen molar-refractivity contribution in [1.82, 2.24) is 5.43 Å². The van der Waals surface area contributed by atoms with E-state index >= 15 is 0 Å². The fourth-order valence-corrected chi connectivity index (χ4v) is 1.82. The number of nitrogens with one attached hydrogen (secondary N) is 1. The van der Waals surface area contributed by atoms with E-state index in [2.05, 4.69) is 15.7 Å². The summed E-state index contributed by atoms with van der Waals surface area (Å²) in [5.74, 6) is 0.109. The number of oxime groups is 1. The largest absolute Gasteiger partial charge is 0.395 e. The third-order valence-corrected chi connectivity index (χ3v) is 3.04. The maximum atomic E-state index is 12.1. The van der Waals surface area contributed by atoms with E-state index < -0.39 is 0 Å². The predicted octanol–water partition coefficient (Wildman–Crippen LogP) is 3.48. The third-order valence-electron chi connectivity index (χ3n) is 3.04. The zero-order valence-electron chi connectivity index (χ0n) is 13.8. The smallest absolute Gasteiger partial charge is 0.271 e. The lowest BCUT2D eigenvalue weighted by Gasteiger charge is -2.04. The van der Waals surface area contributed by atoms with E-state index in [0.29, 0.717) is 23.8 Å². The highest BCUT2D eigenvalue weighted by Crippen LogP contribution is 2.02. The minimum absolute atomic E-state index is 0.277. The first kappa shape index (κ1) is 17.4. The van der Waals surface area contributed by atoms with Gasteiger partial charge in [0, 0.05) is 11.1 Å². The minimum Gasteiger partial charge on any atom is -0.395 e. The second-order valence-electron chi connectivity index (χ2n) is 5.59. The molecule has 5 heteroatoms. The number of amides is 1. The van der Waals surface area contributed by atoms with Crippen molar-refractivity contribution in [1.29, 1.82) is 0 Å². The van der Waals surface area contributed by atoms with Crippen LogP contribution in [0, 0.1) is 5.92 Å². The van der Waals surface area contributed by atoms with Gasteiger partial charge in [-0.25, -0.2) is 5.43 Å². The molecule has 0 atom stereocenters. The molecule has 2 rings (SSSR count). The van der Waals surface area contributed by atoms with Crippen LogP contribution in [0.3, 0.4) is 0 Å². The van der Waals surface area contributed by atoms with Crippen LogP contribution in [0.25, 0.3) is 0 Å². The quantitative estimate of drug-likeness (QED) is 0.626. The molecule has 0 unspecified atom stereocenters. The number of carbonyl (C=O) groups is 1. The maximum Gasteiger partial charge on any atom is 0.271 e. The molecule has 2 aromatic carbocycles. The summed E-state index contributed by atoms with van der Waals surface area (Å²) in [6.45, 7) is 4.61. The van der Waals surface area contributed by atoms with Crippen LogP contribution in [0.2, 0.25) is 0 Å². The summed E-state index contributed by atoms with van der Waals surface area (Å²) in [6.07, 6.45) is 1.50. The van der Waals surface area contributed by atoms with Gasteiger partial charge >= 0.3 is 0 Å². The van der Waals surface area contributed by atoms with Gasteiger partial charge in [-0.1, -0.05) is 67.5 Å². The molecule has 0 fully saturated rings. The van der Waals surface area contributed by atoms with Crippen molar-refractivity contribution in [2.24, 2.45) is 16.2 Å². The molecule has 2 aromatic rings. The van der Waals surface area contributed by atoms with Gasteiger partial charge < -0.3 is 4.84 Å². The Morgan fingerprint density at radius 2 is 1.62 bits per heavy atom. The lowest BCUT2D eigenvalue weighted by atomic mass is 10.1. The maximum absolute atomic E-state index is 12.1. The molecule has 124 valence electrons. The van der Waals surface area contributed by atoms with E-state index in [-0.39, 0.29) is 5.91 Å². The molecule has 0 aliphatic carbocycles. The summed E-state index contributed by atoms with van der Waals surface area (Å²) in [7, 11) is 0. The van der Waals surface area contributed by atoms with E-state index in [0.717, 1.165) is 5.56 Å². The second-order valence-corrected chi connectivity index (χ2v) is 5.59. The molecule has 0 saturated heterocycles. The third kappa shape index (κ3) is 5.68. The molecule has 24 heavy (non-hydrogen) atoms. The van der Waals surface area contributed by atoms with Gasteiger partial charge in [0.25, 0.3) is 5.91 Å². The van der Waals surface area contributed by atoms with E-state index in [9.17, 15) is 4.79 Å². The van der Waals surface area contributed by atoms with Crippen molar-refractivity contribution in [3.63, 3.8) is 0 Å². The molecular formula is C19H21N3O2. The lowest BCUT2D eigenvalue weighted by Crippen LogP contribution is -2.20. The number of benzene rings is 2. The summed E-state index contributed by atoms with van der Waals surface area (Å²) < 4.78 is 0. The highest BCUT2D eigenvalue weighted by Gasteiger charge is 2.05. The van der Waals surface area contributed by atoms with Gasteiger partial charge in [-0.05, 0) is 18.1 Å². The molecule has 0 spiro atoms. The zero-order valence-corrected chi connectivity index (χ0v) is 13.8. The van der Waals surface area contributed by atoms with Gasteiger partial charge in [0.05, 0.1) is 6.21 Å². The summed E-state index contributed by atoms with van der Waals surface area (Å²) in [4.78, 5) is 17.3. The van der Waals surface area contributed by atoms with Gasteiger partial charge in [0.15, 0.2) is 0 Å². The van der Waals surface area contributed by atoms with Crippen molar-refractivity contribution in [2.45, 2.75) is 13.8 Å². The monoisotopic (exact) mass is 323 g/mol. The van der Waals surface area contributed by atoms with Crippen molar-refractivity contribution >= 4 is 17.8 Å². The number of nitrogens with zero attached hydrogens (tertiary/aromatic N) is 2. The number of carbonyl (C=O) groups excluding carboxylic acids is 1. The average molecular weight is 323 g/mol. The van der Waals surface area contributed by atoms with Crippen LogP contribution < -0.4 is 5.43 Å².